The van der Waals surface area contributed by atoms with Gasteiger partial charge in [-0.25, -0.2) is 0 Å². The number of rotatable bonds is 8. The third kappa shape index (κ3) is 4.55. The second-order valence-electron chi connectivity index (χ2n) is 9.05. The van der Waals surface area contributed by atoms with E-state index in [4.69, 9.17) is 19.5 Å². The van der Waals surface area contributed by atoms with Crippen molar-refractivity contribution in [2.75, 3.05) is 37.1 Å². The minimum atomic E-state index is -0.229. The first-order valence-corrected chi connectivity index (χ1v) is 12.2. The summed E-state index contributed by atoms with van der Waals surface area (Å²) in [4.78, 5) is 14.0. The van der Waals surface area contributed by atoms with Gasteiger partial charge in [-0.05, 0) is 42.8 Å². The first kappa shape index (κ1) is 23.6. The molecule has 0 spiro atoms. The van der Waals surface area contributed by atoms with E-state index in [1.165, 1.54) is 7.11 Å². The van der Waals surface area contributed by atoms with Crippen molar-refractivity contribution in [3.63, 3.8) is 0 Å². The van der Waals surface area contributed by atoms with Crippen LogP contribution in [0.15, 0.2) is 60.7 Å². The Balaban J connectivity index is 1.37. The smallest absolute Gasteiger partial charge is 0.306 e. The molecular formula is C29H29N3O4. The number of nitriles is 1. The third-order valence-corrected chi connectivity index (χ3v) is 6.72. The Morgan fingerprint density at radius 2 is 1.94 bits per heavy atom. The molecule has 2 heterocycles. The summed E-state index contributed by atoms with van der Waals surface area (Å²) in [7, 11) is 1.41. The number of hydrogen-bond donors (Lipinski definition) is 1. The fourth-order valence-electron chi connectivity index (χ4n) is 4.91. The summed E-state index contributed by atoms with van der Waals surface area (Å²) in [5.41, 5.74) is 5.77. The minimum absolute atomic E-state index is 0.00490. The van der Waals surface area contributed by atoms with E-state index in [1.807, 2.05) is 42.5 Å². The summed E-state index contributed by atoms with van der Waals surface area (Å²) in [5.74, 6) is 1.47. The number of nitrogens with one attached hydrogen (secondary N) is 1. The van der Waals surface area contributed by atoms with Crippen molar-refractivity contribution in [2.45, 2.75) is 31.7 Å². The van der Waals surface area contributed by atoms with Crippen LogP contribution in [0.25, 0.3) is 0 Å². The van der Waals surface area contributed by atoms with Gasteiger partial charge < -0.3 is 24.4 Å². The van der Waals surface area contributed by atoms with Crippen molar-refractivity contribution in [2.24, 2.45) is 0 Å². The zero-order chi connectivity index (χ0) is 25.1. The van der Waals surface area contributed by atoms with E-state index >= 15 is 0 Å². The molecule has 2 aliphatic heterocycles. The number of ether oxygens (including phenoxy) is 3. The molecule has 3 aromatic carbocycles. The lowest BCUT2D eigenvalue weighted by molar-refractivity contribution is -0.141. The normalized spacial score (nSPS) is 17.2. The van der Waals surface area contributed by atoms with Crippen molar-refractivity contribution in [1.82, 2.24) is 0 Å². The molecule has 0 bridgehead atoms. The van der Waals surface area contributed by atoms with Crippen molar-refractivity contribution < 1.29 is 19.0 Å². The highest BCUT2D eigenvalue weighted by molar-refractivity contribution is 5.73. The molecule has 7 heteroatoms. The predicted octanol–water partition coefficient (Wildman–Crippen LogP) is 5.69. The van der Waals surface area contributed by atoms with Gasteiger partial charge >= 0.3 is 5.97 Å². The number of anilines is 3. The first-order valence-electron chi connectivity index (χ1n) is 12.2. The molecule has 0 unspecified atom stereocenters. The van der Waals surface area contributed by atoms with E-state index in [-0.39, 0.29) is 17.9 Å². The van der Waals surface area contributed by atoms with Gasteiger partial charge in [-0.1, -0.05) is 25.1 Å². The molecule has 0 amide bonds. The van der Waals surface area contributed by atoms with Gasteiger partial charge in [0.2, 0.25) is 0 Å². The summed E-state index contributed by atoms with van der Waals surface area (Å²) < 4.78 is 16.9. The summed E-state index contributed by atoms with van der Waals surface area (Å²) in [6, 6.07) is 22.1. The van der Waals surface area contributed by atoms with Gasteiger partial charge in [0, 0.05) is 41.0 Å². The van der Waals surface area contributed by atoms with E-state index in [2.05, 4.69) is 41.4 Å². The molecule has 2 aliphatic rings. The molecular weight excluding hydrogens is 454 g/mol. The van der Waals surface area contributed by atoms with Crippen LogP contribution in [0.3, 0.4) is 0 Å². The largest absolute Gasteiger partial charge is 0.493 e. The van der Waals surface area contributed by atoms with Crippen LogP contribution in [-0.2, 0) is 9.53 Å². The maximum Gasteiger partial charge on any atom is 0.306 e. The predicted molar refractivity (Wildman–Crippen MR) is 138 cm³/mol. The van der Waals surface area contributed by atoms with E-state index in [9.17, 15) is 4.79 Å². The Hall–Kier alpha value is -4.18. The van der Waals surface area contributed by atoms with E-state index in [0.717, 1.165) is 52.7 Å². The van der Waals surface area contributed by atoms with E-state index in [0.29, 0.717) is 25.2 Å². The van der Waals surface area contributed by atoms with Crippen molar-refractivity contribution in [3.05, 3.63) is 77.4 Å². The summed E-state index contributed by atoms with van der Waals surface area (Å²) in [6.45, 7) is 3.98. The number of benzene rings is 3. The van der Waals surface area contributed by atoms with Crippen LogP contribution in [0.2, 0.25) is 0 Å². The fraction of sp³-hybridized carbons (Fsp3) is 0.310. The number of carbonyl (C=O) groups is 1. The van der Waals surface area contributed by atoms with Crippen LogP contribution in [0.5, 0.6) is 11.5 Å². The van der Waals surface area contributed by atoms with Crippen LogP contribution in [0.1, 0.15) is 48.4 Å². The van der Waals surface area contributed by atoms with Crippen molar-refractivity contribution in [1.29, 1.82) is 5.26 Å². The molecule has 1 N–H and O–H groups in total. The van der Waals surface area contributed by atoms with Crippen LogP contribution < -0.4 is 19.7 Å². The van der Waals surface area contributed by atoms with Gasteiger partial charge in [0.1, 0.15) is 18.1 Å². The van der Waals surface area contributed by atoms with Crippen LogP contribution in [-0.4, -0.2) is 32.8 Å². The highest BCUT2D eigenvalue weighted by atomic mass is 16.5. The van der Waals surface area contributed by atoms with Crippen molar-refractivity contribution >= 4 is 23.0 Å². The second-order valence-corrected chi connectivity index (χ2v) is 9.05. The van der Waals surface area contributed by atoms with Crippen LogP contribution >= 0.6 is 0 Å². The van der Waals surface area contributed by atoms with E-state index < -0.39 is 0 Å². The van der Waals surface area contributed by atoms with Gasteiger partial charge in [-0.15, -0.1) is 0 Å². The summed E-state index contributed by atoms with van der Waals surface area (Å²) >= 11 is 0. The number of esters is 1. The molecule has 0 radical (unpaired) electrons. The summed E-state index contributed by atoms with van der Waals surface area (Å²) in [6.07, 6.45) is 1.29. The first-order chi connectivity index (χ1) is 17.6. The van der Waals surface area contributed by atoms with Gasteiger partial charge in [-0.3, -0.25) is 4.79 Å². The molecule has 0 aliphatic carbocycles. The number of fused-ring (bicyclic) bond motifs is 2. The van der Waals surface area contributed by atoms with E-state index in [1.54, 1.807) is 0 Å². The average molecular weight is 484 g/mol. The number of para-hydroxylation sites is 1. The standard InChI is InChI=1S/C29H29N3O4/c1-3-13-32(22-10-7-19(16-30)8-11-22)26-6-4-5-24-25(18-36-29(24)26)31-21-9-12-23-20(14-28(33)34-2)17-35-27(23)15-21/h4-12,15,20,25,31H,3,13-14,17-18H2,1-2H3/t20-,25-/m1/s1. The van der Waals surface area contributed by atoms with Crippen molar-refractivity contribution in [3.8, 4) is 17.6 Å². The molecule has 36 heavy (non-hydrogen) atoms. The summed E-state index contributed by atoms with van der Waals surface area (Å²) in [5, 5.41) is 12.8. The SMILES string of the molecule is CCCN(c1ccc(C#N)cc1)c1cccc2c1OC[C@H]2Nc1ccc2c(c1)OC[C@H]2CC(=O)OC. The molecule has 5 rings (SSSR count). The lowest BCUT2D eigenvalue weighted by Crippen LogP contribution is -2.18. The molecule has 7 nitrogen and oxygen atoms in total. The maximum absolute atomic E-state index is 11.7. The van der Waals surface area contributed by atoms with Crippen LogP contribution in [0, 0.1) is 11.3 Å². The van der Waals surface area contributed by atoms with Gasteiger partial charge in [0.05, 0.1) is 43.5 Å². The molecule has 2 atom stereocenters. The highest BCUT2D eigenvalue weighted by Crippen LogP contribution is 2.45. The number of nitrogens with zero attached hydrogens (tertiary/aromatic N) is 2. The Kier molecular flexibility index (Phi) is 6.68. The number of hydrogen-bond acceptors (Lipinski definition) is 7. The molecule has 0 saturated heterocycles. The Labute approximate surface area is 211 Å². The maximum atomic E-state index is 11.7. The monoisotopic (exact) mass is 483 g/mol. The molecule has 0 aromatic heterocycles. The third-order valence-electron chi connectivity index (χ3n) is 6.72. The average Bonchev–Trinajstić information content (AvgIpc) is 3.51. The highest BCUT2D eigenvalue weighted by Gasteiger charge is 2.30. The second kappa shape index (κ2) is 10.2. The molecule has 3 aromatic rings. The van der Waals surface area contributed by atoms with Gasteiger partial charge in [0.25, 0.3) is 0 Å². The Bertz CT molecular complexity index is 1300. The fourth-order valence-corrected chi connectivity index (χ4v) is 4.91. The Morgan fingerprint density at radius 3 is 2.69 bits per heavy atom. The van der Waals surface area contributed by atoms with Gasteiger partial charge in [0.15, 0.2) is 0 Å². The minimum Gasteiger partial charge on any atom is -0.493 e. The zero-order valence-corrected chi connectivity index (χ0v) is 20.5. The topological polar surface area (TPSA) is 83.8 Å². The quantitative estimate of drug-likeness (QED) is 0.412. The zero-order valence-electron chi connectivity index (χ0n) is 20.5. The lowest BCUT2D eigenvalue weighted by Gasteiger charge is -2.26. The van der Waals surface area contributed by atoms with Crippen LogP contribution in [0.4, 0.5) is 17.1 Å². The molecule has 0 fully saturated rings. The molecule has 0 saturated carbocycles. The molecule has 184 valence electrons. The number of carbonyl (C=O) groups excluding carboxylic acids is 1. The Morgan fingerprint density at radius 1 is 1.11 bits per heavy atom. The van der Waals surface area contributed by atoms with Gasteiger partial charge in [-0.2, -0.15) is 5.26 Å². The lowest BCUT2D eigenvalue weighted by atomic mass is 9.97. The number of methoxy groups -OCH3 is 1.